The van der Waals surface area contributed by atoms with Crippen LogP contribution in [0.4, 0.5) is 0 Å². The maximum Gasteiger partial charge on any atom is 0.152 e. The molecular weight excluding hydrogens is 212 g/mol. The highest BCUT2D eigenvalue weighted by Gasteiger charge is 2.20. The smallest absolute Gasteiger partial charge is 0.152 e. The van der Waals surface area contributed by atoms with Crippen molar-refractivity contribution in [3.05, 3.63) is 12.2 Å². The molecule has 3 nitrogen and oxygen atoms in total. The van der Waals surface area contributed by atoms with E-state index >= 15 is 0 Å². The lowest BCUT2D eigenvalue weighted by Gasteiger charge is -2.10. The highest BCUT2D eigenvalue weighted by molar-refractivity contribution is 5.87. The zero-order valence-electron chi connectivity index (χ0n) is 11.9. The molecule has 1 unspecified atom stereocenters. The van der Waals surface area contributed by atoms with Gasteiger partial charge in [-0.15, -0.1) is 0 Å². The van der Waals surface area contributed by atoms with Crippen LogP contribution in [0.3, 0.4) is 0 Å². The Morgan fingerprint density at radius 2 is 2.00 bits per heavy atom. The van der Waals surface area contributed by atoms with Gasteiger partial charge in [0, 0.05) is 13.1 Å². The van der Waals surface area contributed by atoms with Gasteiger partial charge in [-0.25, -0.2) is 0 Å². The minimum Gasteiger partial charge on any atom is -0.298 e. The summed E-state index contributed by atoms with van der Waals surface area (Å²) in [5.41, 5.74) is 0. The summed E-state index contributed by atoms with van der Waals surface area (Å²) in [7, 11) is 0. The van der Waals surface area contributed by atoms with Crippen LogP contribution >= 0.6 is 0 Å². The van der Waals surface area contributed by atoms with Crippen LogP contribution in [0.2, 0.25) is 0 Å². The third-order valence-corrected chi connectivity index (χ3v) is 2.17. The van der Waals surface area contributed by atoms with Crippen molar-refractivity contribution in [2.24, 2.45) is 5.92 Å². The predicted molar refractivity (Wildman–Crippen MR) is 72.7 cm³/mol. The highest BCUT2D eigenvalue weighted by Crippen LogP contribution is 2.14. The Balaban J connectivity index is 0. The van der Waals surface area contributed by atoms with Gasteiger partial charge in [-0.05, 0) is 26.0 Å². The van der Waals surface area contributed by atoms with Crippen molar-refractivity contribution < 1.29 is 4.79 Å². The molecule has 0 radical (unpaired) electrons. The van der Waals surface area contributed by atoms with E-state index in [1.807, 2.05) is 33.8 Å². The second-order valence-corrected chi connectivity index (χ2v) is 3.39. The quantitative estimate of drug-likeness (QED) is 0.710. The number of likely N-dealkylation sites (tertiary alicyclic amines) is 1. The molecule has 17 heavy (non-hydrogen) atoms. The first kappa shape index (κ1) is 18.2. The van der Waals surface area contributed by atoms with Crippen molar-refractivity contribution in [2.45, 2.75) is 41.0 Å². The van der Waals surface area contributed by atoms with Crippen LogP contribution in [-0.2, 0) is 4.79 Å². The van der Waals surface area contributed by atoms with Crippen LogP contribution in [0.15, 0.2) is 12.2 Å². The van der Waals surface area contributed by atoms with Crippen LogP contribution in [-0.4, -0.2) is 30.3 Å². The topological polar surface area (TPSA) is 44.1 Å². The molecule has 1 aliphatic heterocycles. The van der Waals surface area contributed by atoms with Gasteiger partial charge in [0.2, 0.25) is 0 Å². The van der Waals surface area contributed by atoms with Crippen LogP contribution in [0.25, 0.3) is 0 Å². The first-order valence-corrected chi connectivity index (χ1v) is 6.51. The normalized spacial score (nSPS) is 18.7. The maximum absolute atomic E-state index is 10.6. The number of allylic oxidation sites excluding steroid dienone is 1. The second kappa shape index (κ2) is 12.9. The van der Waals surface area contributed by atoms with E-state index in [2.05, 4.69) is 11.0 Å². The van der Waals surface area contributed by atoms with Crippen molar-refractivity contribution in [1.29, 1.82) is 5.26 Å². The molecular formula is C14H26N2O. The Bertz CT molecular complexity index is 253. The van der Waals surface area contributed by atoms with E-state index < -0.39 is 0 Å². The Morgan fingerprint density at radius 1 is 1.41 bits per heavy atom. The summed E-state index contributed by atoms with van der Waals surface area (Å²) < 4.78 is 0. The average molecular weight is 238 g/mol. The summed E-state index contributed by atoms with van der Waals surface area (Å²) in [6.45, 7) is 12.1. The predicted octanol–water partition coefficient (Wildman–Crippen LogP) is 3.03. The molecule has 1 rings (SSSR count). The molecule has 0 aliphatic carbocycles. The molecule has 0 bridgehead atoms. The molecule has 0 aromatic heterocycles. The lowest BCUT2D eigenvalue weighted by atomic mass is 10.1. The Labute approximate surface area is 106 Å². The van der Waals surface area contributed by atoms with Gasteiger partial charge < -0.3 is 0 Å². The zero-order chi connectivity index (χ0) is 13.7. The minimum atomic E-state index is 0.0797. The van der Waals surface area contributed by atoms with Crippen molar-refractivity contribution >= 4 is 5.78 Å². The highest BCUT2D eigenvalue weighted by atomic mass is 16.1. The van der Waals surface area contributed by atoms with Gasteiger partial charge in [-0.1, -0.05) is 33.8 Å². The van der Waals surface area contributed by atoms with E-state index in [1.165, 1.54) is 0 Å². The first-order valence-electron chi connectivity index (χ1n) is 6.51. The molecule has 0 saturated carbocycles. The number of nitriles is 1. The van der Waals surface area contributed by atoms with Crippen LogP contribution in [0.1, 0.15) is 41.0 Å². The van der Waals surface area contributed by atoms with E-state index in [9.17, 15) is 4.79 Å². The molecule has 0 amide bonds. The van der Waals surface area contributed by atoms with Crippen molar-refractivity contribution in [3.63, 3.8) is 0 Å². The Hall–Kier alpha value is -1.14. The number of hydrogen-bond donors (Lipinski definition) is 0. The fourth-order valence-corrected chi connectivity index (χ4v) is 1.47. The molecule has 98 valence electrons. The van der Waals surface area contributed by atoms with Crippen LogP contribution in [0.5, 0.6) is 0 Å². The number of hydrogen-bond acceptors (Lipinski definition) is 3. The summed E-state index contributed by atoms with van der Waals surface area (Å²) in [5.74, 6) is 0.266. The van der Waals surface area contributed by atoms with Gasteiger partial charge in [0.05, 0.1) is 12.0 Å². The van der Waals surface area contributed by atoms with E-state index in [1.54, 1.807) is 13.0 Å². The number of nitrogens with zero attached hydrogens (tertiary/aromatic N) is 2. The summed E-state index contributed by atoms with van der Waals surface area (Å²) in [6.07, 6.45) is 4.41. The van der Waals surface area contributed by atoms with Gasteiger partial charge in [0.25, 0.3) is 0 Å². The molecule has 0 aromatic carbocycles. The first-order chi connectivity index (χ1) is 8.22. The molecule has 0 N–H and O–H groups in total. The van der Waals surface area contributed by atoms with Crippen molar-refractivity contribution in [2.75, 3.05) is 19.6 Å². The number of carbonyl (C=O) groups is 1. The standard InChI is InChI=1S/C10H14N2O.2C2H6/c1-9(13)3-2-5-12-6-4-10(7-11)8-12;2*1-2/h2-3,10H,4-6,8H2,1H3;2*1-2H3/b3-2+;;. The van der Waals surface area contributed by atoms with Gasteiger partial charge in [0.1, 0.15) is 0 Å². The lowest BCUT2D eigenvalue weighted by molar-refractivity contribution is -0.112. The molecule has 0 spiro atoms. The van der Waals surface area contributed by atoms with Crippen LogP contribution < -0.4 is 0 Å². The third-order valence-electron chi connectivity index (χ3n) is 2.17. The Kier molecular flexibility index (Phi) is 13.9. The average Bonchev–Trinajstić information content (AvgIpc) is 2.82. The molecule has 3 heteroatoms. The second-order valence-electron chi connectivity index (χ2n) is 3.39. The third kappa shape index (κ3) is 9.77. The van der Waals surface area contributed by atoms with Gasteiger partial charge in [0.15, 0.2) is 5.78 Å². The van der Waals surface area contributed by atoms with E-state index in [0.29, 0.717) is 0 Å². The lowest BCUT2D eigenvalue weighted by Crippen LogP contribution is -2.20. The maximum atomic E-state index is 10.6. The van der Waals surface area contributed by atoms with Crippen molar-refractivity contribution in [3.8, 4) is 6.07 Å². The summed E-state index contributed by atoms with van der Waals surface area (Å²) in [5, 5.41) is 8.65. The number of ketones is 1. The van der Waals surface area contributed by atoms with Crippen LogP contribution in [0, 0.1) is 17.2 Å². The zero-order valence-corrected chi connectivity index (χ0v) is 11.9. The fourth-order valence-electron chi connectivity index (χ4n) is 1.47. The number of carbonyl (C=O) groups excluding carboxylic acids is 1. The molecule has 0 aromatic rings. The molecule has 1 atom stereocenters. The van der Waals surface area contributed by atoms with E-state index in [4.69, 9.17) is 5.26 Å². The summed E-state index contributed by atoms with van der Waals surface area (Å²) >= 11 is 0. The van der Waals surface area contributed by atoms with Gasteiger partial charge in [-0.2, -0.15) is 5.26 Å². The fraction of sp³-hybridized carbons (Fsp3) is 0.714. The van der Waals surface area contributed by atoms with Gasteiger partial charge in [-0.3, -0.25) is 9.69 Å². The molecule has 1 saturated heterocycles. The number of rotatable bonds is 3. The molecule has 1 fully saturated rings. The Morgan fingerprint density at radius 3 is 2.41 bits per heavy atom. The van der Waals surface area contributed by atoms with E-state index in [-0.39, 0.29) is 11.7 Å². The summed E-state index contributed by atoms with van der Waals surface area (Å²) in [4.78, 5) is 12.8. The molecule has 1 aliphatic rings. The molecule has 1 heterocycles. The van der Waals surface area contributed by atoms with Gasteiger partial charge >= 0.3 is 0 Å². The van der Waals surface area contributed by atoms with Crippen molar-refractivity contribution in [1.82, 2.24) is 4.90 Å². The minimum absolute atomic E-state index is 0.0797. The van der Waals surface area contributed by atoms with E-state index in [0.717, 1.165) is 26.1 Å². The summed E-state index contributed by atoms with van der Waals surface area (Å²) in [6, 6.07) is 2.26. The largest absolute Gasteiger partial charge is 0.298 e. The SMILES string of the molecule is CC.CC.CC(=O)/C=C/CN1CCC(C#N)C1. The monoisotopic (exact) mass is 238 g/mol.